The van der Waals surface area contributed by atoms with Crippen molar-refractivity contribution in [1.82, 2.24) is 5.32 Å². The number of halogens is 4. The molecule has 0 fully saturated rings. The van der Waals surface area contributed by atoms with Crippen LogP contribution in [0.5, 0.6) is 0 Å². The lowest BCUT2D eigenvalue weighted by molar-refractivity contribution is -0.137. The Morgan fingerprint density at radius 2 is 2.00 bits per heavy atom. The van der Waals surface area contributed by atoms with Crippen molar-refractivity contribution in [1.29, 1.82) is 0 Å². The van der Waals surface area contributed by atoms with Gasteiger partial charge in [0.1, 0.15) is 5.82 Å². The zero-order valence-corrected chi connectivity index (χ0v) is 10.7. The van der Waals surface area contributed by atoms with E-state index in [1.807, 2.05) is 0 Å². The molecule has 0 amide bonds. The lowest BCUT2D eigenvalue weighted by Gasteiger charge is -2.19. The molecule has 1 unspecified atom stereocenters. The molecule has 1 heterocycles. The fraction of sp³-hybridized carbons (Fsp3) is 0.286. The lowest BCUT2D eigenvalue weighted by Crippen LogP contribution is -2.23. The van der Waals surface area contributed by atoms with Crippen LogP contribution in [0.2, 0.25) is 0 Å². The Bertz CT molecular complexity index is 563. The average molecular weight is 287 g/mol. The first-order valence-corrected chi connectivity index (χ1v) is 6.05. The first-order chi connectivity index (χ1) is 9.43. The van der Waals surface area contributed by atoms with Crippen LogP contribution >= 0.6 is 0 Å². The predicted molar refractivity (Wildman–Crippen MR) is 65.6 cm³/mol. The van der Waals surface area contributed by atoms with Crippen LogP contribution in [0.4, 0.5) is 17.6 Å². The fourth-order valence-electron chi connectivity index (χ4n) is 1.99. The summed E-state index contributed by atoms with van der Waals surface area (Å²) in [5, 5.41) is 2.95. The van der Waals surface area contributed by atoms with Crippen molar-refractivity contribution in [3.05, 3.63) is 59.3 Å². The maximum absolute atomic E-state index is 13.9. The second-order valence-corrected chi connectivity index (χ2v) is 4.28. The molecule has 0 saturated carbocycles. The number of furan rings is 1. The summed E-state index contributed by atoms with van der Waals surface area (Å²) in [4.78, 5) is 0. The zero-order valence-electron chi connectivity index (χ0n) is 10.7. The molecular formula is C14H13F4NO. The van der Waals surface area contributed by atoms with Gasteiger partial charge in [-0.25, -0.2) is 4.39 Å². The molecule has 0 aliphatic carbocycles. The maximum Gasteiger partial charge on any atom is 0.416 e. The fourth-order valence-corrected chi connectivity index (χ4v) is 1.99. The van der Waals surface area contributed by atoms with Gasteiger partial charge in [0.2, 0.25) is 0 Å². The van der Waals surface area contributed by atoms with E-state index in [1.165, 1.54) is 12.5 Å². The standard InChI is InChI=1S/C14H13F4NO/c1-2-19-13(9-5-6-20-8-9)11-7-10(14(16,17)18)3-4-12(11)15/h3-8,13,19H,2H2,1H3. The SMILES string of the molecule is CCNC(c1ccoc1)c1cc(C(F)(F)F)ccc1F. The van der Waals surface area contributed by atoms with Crippen LogP contribution < -0.4 is 5.32 Å². The molecule has 2 rings (SSSR count). The van der Waals surface area contributed by atoms with E-state index >= 15 is 0 Å². The van der Waals surface area contributed by atoms with Gasteiger partial charge in [0.05, 0.1) is 24.1 Å². The van der Waals surface area contributed by atoms with Crippen LogP contribution in [0.25, 0.3) is 0 Å². The van der Waals surface area contributed by atoms with Crippen LogP contribution in [-0.2, 0) is 6.18 Å². The summed E-state index contributed by atoms with van der Waals surface area (Å²) in [6.45, 7) is 2.27. The van der Waals surface area contributed by atoms with Crippen LogP contribution in [0.15, 0.2) is 41.2 Å². The van der Waals surface area contributed by atoms with Gasteiger partial charge in [0.25, 0.3) is 0 Å². The monoisotopic (exact) mass is 287 g/mol. The highest BCUT2D eigenvalue weighted by atomic mass is 19.4. The first kappa shape index (κ1) is 14.6. The normalized spacial score (nSPS) is 13.4. The lowest BCUT2D eigenvalue weighted by atomic mass is 9.98. The molecule has 0 bridgehead atoms. The molecule has 1 aromatic heterocycles. The highest BCUT2D eigenvalue weighted by Crippen LogP contribution is 2.33. The van der Waals surface area contributed by atoms with Gasteiger partial charge >= 0.3 is 6.18 Å². The maximum atomic E-state index is 13.9. The Hall–Kier alpha value is -1.82. The molecule has 1 aromatic carbocycles. The van der Waals surface area contributed by atoms with Crippen molar-refractivity contribution >= 4 is 0 Å². The van der Waals surface area contributed by atoms with Crippen LogP contribution in [-0.4, -0.2) is 6.54 Å². The first-order valence-electron chi connectivity index (χ1n) is 6.05. The van der Waals surface area contributed by atoms with Crippen molar-refractivity contribution in [3.63, 3.8) is 0 Å². The van der Waals surface area contributed by atoms with Gasteiger partial charge in [-0.15, -0.1) is 0 Å². The Balaban J connectivity index is 2.48. The molecule has 20 heavy (non-hydrogen) atoms. The van der Waals surface area contributed by atoms with E-state index < -0.39 is 23.6 Å². The molecule has 0 aliphatic rings. The summed E-state index contributed by atoms with van der Waals surface area (Å²) in [5.74, 6) is -0.690. The van der Waals surface area contributed by atoms with Gasteiger partial charge in [-0.1, -0.05) is 6.92 Å². The predicted octanol–water partition coefficient (Wildman–Crippen LogP) is 4.14. The quantitative estimate of drug-likeness (QED) is 0.855. The largest absolute Gasteiger partial charge is 0.472 e. The Morgan fingerprint density at radius 1 is 1.25 bits per heavy atom. The third-order valence-electron chi connectivity index (χ3n) is 2.92. The van der Waals surface area contributed by atoms with Crippen LogP contribution in [0.3, 0.4) is 0 Å². The summed E-state index contributed by atoms with van der Waals surface area (Å²) in [5.41, 5.74) is -0.353. The van der Waals surface area contributed by atoms with E-state index in [0.29, 0.717) is 12.1 Å². The smallest absolute Gasteiger partial charge is 0.416 e. The molecule has 6 heteroatoms. The minimum atomic E-state index is -4.50. The number of rotatable bonds is 4. The van der Waals surface area contributed by atoms with Gasteiger partial charge < -0.3 is 9.73 Å². The van der Waals surface area contributed by atoms with E-state index in [-0.39, 0.29) is 5.56 Å². The van der Waals surface area contributed by atoms with Crippen molar-refractivity contribution in [2.45, 2.75) is 19.1 Å². The summed E-state index contributed by atoms with van der Waals surface area (Å²) < 4.78 is 57.0. The van der Waals surface area contributed by atoms with Crippen molar-refractivity contribution in [2.24, 2.45) is 0 Å². The second kappa shape index (κ2) is 5.66. The molecule has 0 aliphatic heterocycles. The number of hydrogen-bond donors (Lipinski definition) is 1. The van der Waals surface area contributed by atoms with Gasteiger partial charge in [-0.3, -0.25) is 0 Å². The van der Waals surface area contributed by atoms with E-state index in [4.69, 9.17) is 4.42 Å². The molecule has 1 N–H and O–H groups in total. The molecular weight excluding hydrogens is 274 g/mol. The van der Waals surface area contributed by atoms with Crippen LogP contribution in [0, 0.1) is 5.82 Å². The highest BCUT2D eigenvalue weighted by Gasteiger charge is 2.32. The van der Waals surface area contributed by atoms with E-state index in [0.717, 1.165) is 18.2 Å². The number of benzene rings is 1. The second-order valence-electron chi connectivity index (χ2n) is 4.28. The van der Waals surface area contributed by atoms with Crippen molar-refractivity contribution in [3.8, 4) is 0 Å². The van der Waals surface area contributed by atoms with Gasteiger partial charge in [-0.2, -0.15) is 13.2 Å². The minimum Gasteiger partial charge on any atom is -0.472 e. The summed E-state index contributed by atoms with van der Waals surface area (Å²) in [6, 6.07) is 3.31. The third-order valence-corrected chi connectivity index (χ3v) is 2.92. The van der Waals surface area contributed by atoms with Crippen LogP contribution in [0.1, 0.15) is 29.7 Å². The number of alkyl halides is 3. The minimum absolute atomic E-state index is 0.0527. The molecule has 2 aromatic rings. The van der Waals surface area contributed by atoms with Gasteiger partial charge in [-0.05, 0) is 30.8 Å². The number of nitrogens with one attached hydrogen (secondary N) is 1. The zero-order chi connectivity index (χ0) is 14.8. The summed E-state index contributed by atoms with van der Waals surface area (Å²) in [7, 11) is 0. The summed E-state index contributed by atoms with van der Waals surface area (Å²) >= 11 is 0. The Labute approximate surface area is 113 Å². The van der Waals surface area contributed by atoms with E-state index in [2.05, 4.69) is 5.32 Å². The third kappa shape index (κ3) is 3.01. The molecule has 0 radical (unpaired) electrons. The van der Waals surface area contributed by atoms with Crippen molar-refractivity contribution < 1.29 is 22.0 Å². The number of hydrogen-bond acceptors (Lipinski definition) is 2. The highest BCUT2D eigenvalue weighted by molar-refractivity contribution is 5.35. The molecule has 1 atom stereocenters. The molecule has 2 nitrogen and oxygen atoms in total. The topological polar surface area (TPSA) is 25.2 Å². The van der Waals surface area contributed by atoms with E-state index in [9.17, 15) is 17.6 Å². The molecule has 0 spiro atoms. The van der Waals surface area contributed by atoms with Gasteiger partial charge in [0, 0.05) is 11.1 Å². The van der Waals surface area contributed by atoms with Gasteiger partial charge in [0.15, 0.2) is 0 Å². The van der Waals surface area contributed by atoms with Crippen molar-refractivity contribution in [2.75, 3.05) is 6.54 Å². The Morgan fingerprint density at radius 3 is 2.55 bits per heavy atom. The molecule has 0 saturated heterocycles. The Kier molecular flexibility index (Phi) is 4.13. The average Bonchev–Trinajstić information content (AvgIpc) is 2.89. The van der Waals surface area contributed by atoms with E-state index in [1.54, 1.807) is 13.0 Å². The molecule has 108 valence electrons. The summed E-state index contributed by atoms with van der Waals surface area (Å²) in [6.07, 6.45) is -1.73.